The summed E-state index contributed by atoms with van der Waals surface area (Å²) >= 11 is 0. The smallest absolute Gasteiger partial charge is 0.437 e. The number of nitrogens with zero attached hydrogens (tertiary/aromatic N) is 2. The van der Waals surface area contributed by atoms with Crippen molar-refractivity contribution in [1.29, 1.82) is 0 Å². The second-order valence-electron chi connectivity index (χ2n) is 5.46. The molecule has 140 valence electrons. The van der Waals surface area contributed by atoms with Crippen molar-refractivity contribution in [1.82, 2.24) is 9.78 Å². The van der Waals surface area contributed by atoms with E-state index < -0.39 is 23.6 Å². The summed E-state index contributed by atoms with van der Waals surface area (Å²) in [5, 5.41) is 4.14. The van der Waals surface area contributed by atoms with Gasteiger partial charge in [-0.2, -0.15) is 4.68 Å². The van der Waals surface area contributed by atoms with Gasteiger partial charge in [-0.05, 0) is 38.8 Å². The third-order valence-electron chi connectivity index (χ3n) is 3.63. The highest BCUT2D eigenvalue weighted by Gasteiger charge is 2.29. The summed E-state index contributed by atoms with van der Waals surface area (Å²) in [4.78, 5) is 35.8. The van der Waals surface area contributed by atoms with Crippen molar-refractivity contribution in [2.24, 2.45) is 5.92 Å². The molecule has 0 aliphatic rings. The van der Waals surface area contributed by atoms with Gasteiger partial charge in [0.25, 0.3) is 0 Å². The number of aryl methyl sites for hydroxylation is 1. The SMILES string of the molecule is CCOC(=O)C(CCCn1nc(-c2ccccc2)oc1=O)C(=O)OCC. The largest absolute Gasteiger partial charge is 0.465 e. The maximum Gasteiger partial charge on any atom is 0.437 e. The molecule has 2 rings (SSSR count). The van der Waals surface area contributed by atoms with E-state index in [4.69, 9.17) is 13.9 Å². The Morgan fingerprint density at radius 3 is 2.31 bits per heavy atom. The van der Waals surface area contributed by atoms with Crippen LogP contribution in [0.5, 0.6) is 0 Å². The maximum absolute atomic E-state index is 11.9. The van der Waals surface area contributed by atoms with Crippen molar-refractivity contribution in [3.63, 3.8) is 0 Å². The number of benzene rings is 1. The molecule has 0 amide bonds. The van der Waals surface area contributed by atoms with Crippen LogP contribution in [-0.2, 0) is 25.6 Å². The first-order valence-corrected chi connectivity index (χ1v) is 8.53. The molecule has 0 aliphatic heterocycles. The minimum Gasteiger partial charge on any atom is -0.465 e. The molecule has 0 atom stereocenters. The third-order valence-corrected chi connectivity index (χ3v) is 3.63. The number of rotatable bonds is 9. The van der Waals surface area contributed by atoms with Crippen LogP contribution in [0.3, 0.4) is 0 Å². The van der Waals surface area contributed by atoms with E-state index in [0.29, 0.717) is 12.0 Å². The fourth-order valence-corrected chi connectivity index (χ4v) is 2.41. The van der Waals surface area contributed by atoms with Crippen LogP contribution in [0.4, 0.5) is 0 Å². The van der Waals surface area contributed by atoms with Crippen LogP contribution < -0.4 is 5.76 Å². The molecule has 1 aromatic carbocycles. The summed E-state index contributed by atoms with van der Waals surface area (Å²) in [6.45, 7) is 3.90. The molecule has 2 aromatic rings. The molecule has 0 saturated heterocycles. The summed E-state index contributed by atoms with van der Waals surface area (Å²) in [5.41, 5.74) is 0.694. The highest BCUT2D eigenvalue weighted by molar-refractivity contribution is 5.94. The zero-order valence-corrected chi connectivity index (χ0v) is 14.8. The van der Waals surface area contributed by atoms with E-state index in [9.17, 15) is 14.4 Å². The van der Waals surface area contributed by atoms with Crippen LogP contribution in [0.15, 0.2) is 39.5 Å². The lowest BCUT2D eigenvalue weighted by Crippen LogP contribution is -2.29. The van der Waals surface area contributed by atoms with Crippen molar-refractivity contribution in [3.8, 4) is 11.5 Å². The first-order chi connectivity index (χ1) is 12.6. The topological polar surface area (TPSA) is 101 Å². The van der Waals surface area contributed by atoms with E-state index in [2.05, 4.69) is 5.10 Å². The second-order valence-corrected chi connectivity index (χ2v) is 5.46. The zero-order chi connectivity index (χ0) is 18.9. The number of carbonyl (C=O) groups is 2. The van der Waals surface area contributed by atoms with E-state index in [0.717, 1.165) is 0 Å². The van der Waals surface area contributed by atoms with Crippen LogP contribution >= 0.6 is 0 Å². The number of aromatic nitrogens is 2. The normalized spacial score (nSPS) is 10.7. The second kappa shape index (κ2) is 9.55. The summed E-state index contributed by atoms with van der Waals surface area (Å²) in [5.74, 6) is -2.62. The van der Waals surface area contributed by atoms with E-state index in [1.54, 1.807) is 26.0 Å². The van der Waals surface area contributed by atoms with Crippen LogP contribution in [0.2, 0.25) is 0 Å². The van der Waals surface area contributed by atoms with Crippen LogP contribution in [0.25, 0.3) is 11.5 Å². The van der Waals surface area contributed by atoms with E-state index in [1.165, 1.54) is 4.68 Å². The Balaban J connectivity index is 2.00. The number of hydrogen-bond donors (Lipinski definition) is 0. The van der Waals surface area contributed by atoms with Crippen molar-refractivity contribution in [2.75, 3.05) is 13.2 Å². The molecule has 8 heteroatoms. The molecule has 0 radical (unpaired) electrons. The molecule has 0 unspecified atom stereocenters. The highest BCUT2D eigenvalue weighted by atomic mass is 16.6. The lowest BCUT2D eigenvalue weighted by atomic mass is 10.0. The number of esters is 2. The molecule has 0 spiro atoms. The average molecular weight is 362 g/mol. The Bertz CT molecular complexity index is 762. The van der Waals surface area contributed by atoms with E-state index in [-0.39, 0.29) is 32.1 Å². The molecule has 0 N–H and O–H groups in total. The molecule has 1 aromatic heterocycles. The molecular formula is C18H22N2O6. The summed E-state index contributed by atoms with van der Waals surface area (Å²) in [6.07, 6.45) is 0.556. The van der Waals surface area contributed by atoms with Gasteiger partial charge in [0.2, 0.25) is 5.89 Å². The van der Waals surface area contributed by atoms with E-state index in [1.807, 2.05) is 18.2 Å². The summed E-state index contributed by atoms with van der Waals surface area (Å²) in [6, 6.07) is 9.05. The first kappa shape index (κ1) is 19.4. The zero-order valence-electron chi connectivity index (χ0n) is 14.8. The van der Waals surface area contributed by atoms with Gasteiger partial charge in [0.05, 0.1) is 13.2 Å². The third kappa shape index (κ3) is 5.05. The fourth-order valence-electron chi connectivity index (χ4n) is 2.41. The highest BCUT2D eigenvalue weighted by Crippen LogP contribution is 2.15. The average Bonchev–Trinajstić information content (AvgIpc) is 3.00. The minimum absolute atomic E-state index is 0.178. The van der Waals surface area contributed by atoms with Gasteiger partial charge in [0.1, 0.15) is 0 Å². The molecule has 0 bridgehead atoms. The van der Waals surface area contributed by atoms with Gasteiger partial charge in [-0.25, -0.2) is 4.79 Å². The van der Waals surface area contributed by atoms with Gasteiger partial charge in [-0.3, -0.25) is 9.59 Å². The number of carbonyl (C=O) groups excluding carboxylic acids is 2. The molecule has 0 saturated carbocycles. The molecule has 1 heterocycles. The fraction of sp³-hybridized carbons (Fsp3) is 0.444. The van der Waals surface area contributed by atoms with Crippen LogP contribution in [0, 0.1) is 5.92 Å². The van der Waals surface area contributed by atoms with E-state index >= 15 is 0 Å². The molecule has 8 nitrogen and oxygen atoms in total. The predicted molar refractivity (Wildman–Crippen MR) is 92.2 cm³/mol. The van der Waals surface area contributed by atoms with Gasteiger partial charge >= 0.3 is 17.7 Å². The number of ether oxygens (including phenoxy) is 2. The molecule has 26 heavy (non-hydrogen) atoms. The van der Waals surface area contributed by atoms with Crippen molar-refractivity contribution in [2.45, 2.75) is 33.2 Å². The van der Waals surface area contributed by atoms with Crippen LogP contribution in [0.1, 0.15) is 26.7 Å². The Morgan fingerprint density at radius 1 is 1.12 bits per heavy atom. The Hall–Kier alpha value is -2.90. The van der Waals surface area contributed by atoms with Crippen LogP contribution in [-0.4, -0.2) is 34.9 Å². The minimum atomic E-state index is -1.01. The van der Waals surface area contributed by atoms with Crippen molar-refractivity contribution >= 4 is 11.9 Å². The number of hydrogen-bond acceptors (Lipinski definition) is 7. The van der Waals surface area contributed by atoms with Crippen molar-refractivity contribution < 1.29 is 23.5 Å². The van der Waals surface area contributed by atoms with Gasteiger partial charge in [0.15, 0.2) is 5.92 Å². The van der Waals surface area contributed by atoms with Gasteiger partial charge in [0, 0.05) is 12.1 Å². The Morgan fingerprint density at radius 2 is 1.73 bits per heavy atom. The summed E-state index contributed by atoms with van der Waals surface area (Å²) < 4.78 is 16.2. The van der Waals surface area contributed by atoms with Gasteiger partial charge in [-0.1, -0.05) is 18.2 Å². The lowest BCUT2D eigenvalue weighted by molar-refractivity contribution is -0.162. The maximum atomic E-state index is 11.9. The molecule has 0 aliphatic carbocycles. The predicted octanol–water partition coefficient (Wildman–Crippen LogP) is 2.03. The molecule has 0 fully saturated rings. The lowest BCUT2D eigenvalue weighted by Gasteiger charge is -2.13. The molecular weight excluding hydrogens is 340 g/mol. The first-order valence-electron chi connectivity index (χ1n) is 8.53. The Labute approximate surface area is 150 Å². The van der Waals surface area contributed by atoms with Gasteiger partial charge < -0.3 is 13.9 Å². The van der Waals surface area contributed by atoms with Gasteiger partial charge in [-0.15, -0.1) is 5.10 Å². The summed E-state index contributed by atoms with van der Waals surface area (Å²) in [7, 11) is 0. The standard InChI is InChI=1S/C18H22N2O6/c1-3-24-16(21)14(17(22)25-4-2)11-8-12-20-18(23)26-15(19-20)13-9-6-5-7-10-13/h5-7,9-10,14H,3-4,8,11-12H2,1-2H3. The quantitative estimate of drug-likeness (QED) is 0.497. The monoisotopic (exact) mass is 362 g/mol. The Kier molecular flexibility index (Phi) is 7.13. The van der Waals surface area contributed by atoms with Crippen molar-refractivity contribution in [3.05, 3.63) is 40.9 Å².